The zero-order valence-electron chi connectivity index (χ0n) is 65.5. The Morgan fingerprint density at radius 2 is 0.460 bits per heavy atom. The lowest BCUT2D eigenvalue weighted by Crippen LogP contribution is -2.30. The van der Waals surface area contributed by atoms with Crippen molar-refractivity contribution in [1.29, 1.82) is 0 Å². The maximum Gasteiger partial charge on any atom is 0.472 e. The number of aliphatic hydroxyl groups excluding tert-OH is 1. The van der Waals surface area contributed by atoms with Gasteiger partial charge in [-0.2, -0.15) is 0 Å². The molecule has 17 nitrogen and oxygen atoms in total. The van der Waals surface area contributed by atoms with Crippen LogP contribution in [-0.2, 0) is 65.4 Å². The Morgan fingerprint density at radius 1 is 0.270 bits per heavy atom. The highest BCUT2D eigenvalue weighted by molar-refractivity contribution is 7.47. The van der Waals surface area contributed by atoms with Crippen LogP contribution in [0.1, 0.15) is 427 Å². The Kier molecular flexibility index (Phi) is 71.2. The molecule has 0 aromatic heterocycles. The summed E-state index contributed by atoms with van der Waals surface area (Å²) in [6.45, 7) is 9.61. The zero-order valence-corrected chi connectivity index (χ0v) is 67.3. The third-order valence-electron chi connectivity index (χ3n) is 19.0. The van der Waals surface area contributed by atoms with Crippen LogP contribution in [0.5, 0.6) is 0 Å². The number of ether oxygens (including phenoxy) is 4. The predicted molar refractivity (Wildman–Crippen MR) is 409 cm³/mol. The average molecular weight is 1470 g/mol. The first-order chi connectivity index (χ1) is 48.4. The number of carbonyl (C=O) groups excluding carboxylic acids is 4. The van der Waals surface area contributed by atoms with E-state index in [0.717, 1.165) is 102 Å². The van der Waals surface area contributed by atoms with E-state index in [4.69, 9.17) is 37.0 Å². The second-order valence-corrected chi connectivity index (χ2v) is 33.0. The van der Waals surface area contributed by atoms with E-state index in [1.807, 2.05) is 0 Å². The van der Waals surface area contributed by atoms with Crippen molar-refractivity contribution in [2.75, 3.05) is 39.6 Å². The summed E-state index contributed by atoms with van der Waals surface area (Å²) in [4.78, 5) is 72.9. The van der Waals surface area contributed by atoms with Crippen molar-refractivity contribution in [2.24, 2.45) is 11.8 Å². The molecular weight excluding hydrogens is 1310 g/mol. The van der Waals surface area contributed by atoms with Gasteiger partial charge in [0, 0.05) is 25.7 Å². The number of esters is 4. The molecule has 0 fully saturated rings. The molecule has 0 radical (unpaired) electrons. The van der Waals surface area contributed by atoms with Crippen LogP contribution >= 0.6 is 15.6 Å². The summed E-state index contributed by atoms with van der Waals surface area (Å²) in [6, 6.07) is 0. The van der Waals surface area contributed by atoms with E-state index < -0.39 is 97.5 Å². The molecule has 2 unspecified atom stereocenters. The number of rotatable bonds is 80. The SMILES string of the molecule is CCCCCCCCCCCCCCCCCCCCCC(=O)OC[C@H](COP(=O)(O)OC[C@@H](O)COP(=O)(O)OC[C@@H](COC(=O)CCCCCCCCCCC)OC(=O)CCCCCCCCCCC(C)C)OC(=O)CCCCCCCCCCCCCCCCCCCCC(C)C. The summed E-state index contributed by atoms with van der Waals surface area (Å²) in [5.41, 5.74) is 0. The van der Waals surface area contributed by atoms with Gasteiger partial charge in [0.05, 0.1) is 26.4 Å². The average Bonchev–Trinajstić information content (AvgIpc) is 0.977. The smallest absolute Gasteiger partial charge is 0.462 e. The minimum Gasteiger partial charge on any atom is -0.462 e. The minimum atomic E-state index is -4.96. The molecule has 3 N–H and O–H groups in total. The molecular formula is C81H158O17P2. The lowest BCUT2D eigenvalue weighted by molar-refractivity contribution is -0.161. The Morgan fingerprint density at radius 3 is 0.680 bits per heavy atom. The van der Waals surface area contributed by atoms with E-state index in [2.05, 4.69) is 41.5 Å². The fourth-order valence-corrected chi connectivity index (χ4v) is 14.1. The predicted octanol–water partition coefficient (Wildman–Crippen LogP) is 24.3. The Labute approximate surface area is 613 Å². The van der Waals surface area contributed by atoms with E-state index in [1.54, 1.807) is 0 Å². The van der Waals surface area contributed by atoms with Crippen molar-refractivity contribution < 1.29 is 80.2 Å². The summed E-state index contributed by atoms with van der Waals surface area (Å²) < 4.78 is 68.6. The van der Waals surface area contributed by atoms with Gasteiger partial charge in [-0.15, -0.1) is 0 Å². The standard InChI is InChI=1S/C81H158O17P2/c1-7-9-11-13-15-17-18-19-20-21-22-26-29-32-35-39-46-52-58-64-79(84)92-70-76(97-80(85)65-59-53-47-40-36-33-30-27-24-23-25-28-31-34-38-43-49-55-61-73(3)4)71-95-99(87,88)93-67-75(82)68-94-100(89,90)96-72-77(69-91-78(83)63-57-51-45-37-16-14-12-10-8-2)98-81(86)66-60-54-48-42-41-44-50-56-62-74(5)6/h73-77,82H,7-72H2,1-6H3,(H,87,88)(H,89,90)/t75-,76-,77-/m1/s1. The third kappa shape index (κ3) is 74.3. The second-order valence-electron chi connectivity index (χ2n) is 30.1. The molecule has 0 saturated carbocycles. The molecule has 0 rings (SSSR count). The molecule has 0 aliphatic carbocycles. The van der Waals surface area contributed by atoms with Gasteiger partial charge in [-0.25, -0.2) is 9.13 Å². The van der Waals surface area contributed by atoms with Gasteiger partial charge >= 0.3 is 39.5 Å². The van der Waals surface area contributed by atoms with Gasteiger partial charge in [0.15, 0.2) is 12.2 Å². The van der Waals surface area contributed by atoms with Crippen LogP contribution in [-0.4, -0.2) is 96.7 Å². The van der Waals surface area contributed by atoms with Gasteiger partial charge in [0.25, 0.3) is 0 Å². The largest absolute Gasteiger partial charge is 0.472 e. The number of aliphatic hydroxyl groups is 1. The number of unbranched alkanes of at least 4 members (excludes halogenated alkanes) is 50. The molecule has 0 aromatic rings. The van der Waals surface area contributed by atoms with E-state index in [1.165, 1.54) is 244 Å². The normalized spacial score (nSPS) is 13.9. The first kappa shape index (κ1) is 98.1. The van der Waals surface area contributed by atoms with E-state index >= 15 is 0 Å². The van der Waals surface area contributed by atoms with Crippen molar-refractivity contribution >= 4 is 39.5 Å². The highest BCUT2D eigenvalue weighted by Crippen LogP contribution is 2.45. The second kappa shape index (κ2) is 72.6. The number of hydrogen-bond acceptors (Lipinski definition) is 15. The lowest BCUT2D eigenvalue weighted by Gasteiger charge is -2.21. The Bertz CT molecular complexity index is 1920. The summed E-state index contributed by atoms with van der Waals surface area (Å²) in [7, 11) is -9.91. The monoisotopic (exact) mass is 1470 g/mol. The highest BCUT2D eigenvalue weighted by atomic mass is 31.2. The highest BCUT2D eigenvalue weighted by Gasteiger charge is 2.30. The third-order valence-corrected chi connectivity index (χ3v) is 20.9. The number of phosphoric acid groups is 2. The van der Waals surface area contributed by atoms with Crippen molar-refractivity contribution in [2.45, 2.75) is 445 Å². The molecule has 0 heterocycles. The van der Waals surface area contributed by atoms with Gasteiger partial charge in [-0.1, -0.05) is 375 Å². The van der Waals surface area contributed by atoms with Crippen LogP contribution in [0.15, 0.2) is 0 Å². The zero-order chi connectivity index (χ0) is 73.5. The van der Waals surface area contributed by atoms with E-state index in [9.17, 15) is 43.2 Å². The quantitative estimate of drug-likeness (QED) is 0.0222. The minimum absolute atomic E-state index is 0.105. The molecule has 0 aromatic carbocycles. The van der Waals surface area contributed by atoms with Crippen LogP contribution in [0.4, 0.5) is 0 Å². The van der Waals surface area contributed by atoms with Gasteiger partial charge in [-0.3, -0.25) is 37.3 Å². The molecule has 0 aliphatic rings. The first-order valence-electron chi connectivity index (χ1n) is 42.0. The van der Waals surface area contributed by atoms with Crippen molar-refractivity contribution in [3.8, 4) is 0 Å². The molecule has 100 heavy (non-hydrogen) atoms. The van der Waals surface area contributed by atoms with Crippen molar-refractivity contribution in [3.63, 3.8) is 0 Å². The van der Waals surface area contributed by atoms with Crippen LogP contribution in [0.3, 0.4) is 0 Å². The molecule has 5 atom stereocenters. The Hall–Kier alpha value is -1.94. The van der Waals surface area contributed by atoms with Crippen LogP contribution in [0, 0.1) is 11.8 Å². The summed E-state index contributed by atoms with van der Waals surface area (Å²) in [5.74, 6) is -0.574. The van der Waals surface area contributed by atoms with Gasteiger partial charge in [0.2, 0.25) is 0 Å². The molecule has 0 spiro atoms. The number of phosphoric ester groups is 2. The van der Waals surface area contributed by atoms with Crippen LogP contribution in [0.2, 0.25) is 0 Å². The van der Waals surface area contributed by atoms with Gasteiger partial charge < -0.3 is 33.8 Å². The molecule has 0 aliphatic heterocycles. The van der Waals surface area contributed by atoms with Gasteiger partial charge in [-0.05, 0) is 37.5 Å². The summed E-state index contributed by atoms with van der Waals surface area (Å²) in [6.07, 6.45) is 62.7. The summed E-state index contributed by atoms with van der Waals surface area (Å²) >= 11 is 0. The first-order valence-corrected chi connectivity index (χ1v) is 45.0. The van der Waals surface area contributed by atoms with E-state index in [-0.39, 0.29) is 25.7 Å². The summed E-state index contributed by atoms with van der Waals surface area (Å²) in [5, 5.41) is 10.6. The molecule has 0 bridgehead atoms. The van der Waals surface area contributed by atoms with Crippen molar-refractivity contribution in [1.82, 2.24) is 0 Å². The lowest BCUT2D eigenvalue weighted by atomic mass is 10.0. The topological polar surface area (TPSA) is 237 Å². The van der Waals surface area contributed by atoms with E-state index in [0.29, 0.717) is 25.7 Å². The fourth-order valence-electron chi connectivity index (χ4n) is 12.5. The number of carbonyl (C=O) groups is 4. The fraction of sp³-hybridized carbons (Fsp3) is 0.951. The molecule has 0 amide bonds. The van der Waals surface area contributed by atoms with Crippen molar-refractivity contribution in [3.05, 3.63) is 0 Å². The maximum atomic E-state index is 13.1. The number of hydrogen-bond donors (Lipinski definition) is 3. The Balaban J connectivity index is 5.18. The van der Waals surface area contributed by atoms with Gasteiger partial charge in [0.1, 0.15) is 19.3 Å². The molecule has 594 valence electrons. The maximum absolute atomic E-state index is 13.1. The van der Waals surface area contributed by atoms with Crippen LogP contribution < -0.4 is 0 Å². The van der Waals surface area contributed by atoms with Crippen LogP contribution in [0.25, 0.3) is 0 Å². The molecule has 19 heteroatoms. The molecule has 0 saturated heterocycles.